The summed E-state index contributed by atoms with van der Waals surface area (Å²) in [6.07, 6.45) is 3.36. The number of rotatable bonds is 1. The minimum absolute atomic E-state index is 0.115. The van der Waals surface area contributed by atoms with Crippen LogP contribution in [-0.2, 0) is 0 Å². The molecule has 3 atom stereocenters. The zero-order chi connectivity index (χ0) is 7.56. The smallest absolute Gasteiger partial charge is 0.0846 e. The van der Waals surface area contributed by atoms with Crippen LogP contribution in [0.3, 0.4) is 0 Å². The van der Waals surface area contributed by atoms with Gasteiger partial charge in [0.15, 0.2) is 0 Å². The van der Waals surface area contributed by atoms with Crippen molar-refractivity contribution in [3.8, 4) is 0 Å². The summed E-state index contributed by atoms with van der Waals surface area (Å²) >= 11 is 0. The fraction of sp³-hybridized carbons (Fsp3) is 0.714. The van der Waals surface area contributed by atoms with E-state index in [1.807, 2.05) is 13.0 Å². The normalized spacial score (nSPS) is 35.9. The molecule has 0 aromatic carbocycles. The van der Waals surface area contributed by atoms with Gasteiger partial charge < -0.3 is 16.2 Å². The number of β-amino-alcohol motifs (C(OH)–C–C–N with tert-alkyl or cyclic N) is 1. The number of hydrogen-bond donors (Lipinski definition) is 3. The highest BCUT2D eigenvalue weighted by Gasteiger charge is 2.14. The molecule has 0 aromatic rings. The minimum atomic E-state index is -0.338. The van der Waals surface area contributed by atoms with E-state index in [1.165, 1.54) is 0 Å². The molecule has 1 aliphatic rings. The molecule has 0 saturated heterocycles. The molecule has 0 fully saturated rings. The van der Waals surface area contributed by atoms with Crippen molar-refractivity contribution < 1.29 is 5.11 Å². The van der Waals surface area contributed by atoms with Gasteiger partial charge in [-0.3, -0.25) is 0 Å². The lowest BCUT2D eigenvalue weighted by atomic mass is 10.1. The lowest BCUT2D eigenvalue weighted by Crippen LogP contribution is -2.47. The second kappa shape index (κ2) is 3.14. The Hall–Kier alpha value is -0.380. The molecule has 3 heteroatoms. The van der Waals surface area contributed by atoms with E-state index in [1.54, 1.807) is 6.08 Å². The fourth-order valence-electron chi connectivity index (χ4n) is 1.00. The van der Waals surface area contributed by atoms with Crippen molar-refractivity contribution in [1.82, 2.24) is 5.32 Å². The van der Waals surface area contributed by atoms with Crippen molar-refractivity contribution in [3.05, 3.63) is 12.2 Å². The van der Waals surface area contributed by atoms with Crippen molar-refractivity contribution >= 4 is 0 Å². The first kappa shape index (κ1) is 7.72. The van der Waals surface area contributed by atoms with Crippen LogP contribution in [0.2, 0.25) is 0 Å². The molecule has 0 aliphatic carbocycles. The maximum absolute atomic E-state index is 9.02. The molecule has 58 valence electrons. The molecule has 10 heavy (non-hydrogen) atoms. The molecule has 0 saturated carbocycles. The Labute approximate surface area is 60.9 Å². The molecule has 3 unspecified atom stereocenters. The zero-order valence-electron chi connectivity index (χ0n) is 6.12. The van der Waals surface area contributed by atoms with Crippen molar-refractivity contribution in [2.45, 2.75) is 25.1 Å². The Kier molecular flexibility index (Phi) is 2.43. The van der Waals surface area contributed by atoms with E-state index in [0.29, 0.717) is 6.54 Å². The summed E-state index contributed by atoms with van der Waals surface area (Å²) in [6, 6.07) is 0.340. The van der Waals surface area contributed by atoms with Gasteiger partial charge >= 0.3 is 0 Å². The zero-order valence-corrected chi connectivity index (χ0v) is 6.12. The monoisotopic (exact) mass is 142 g/mol. The predicted molar refractivity (Wildman–Crippen MR) is 40.6 cm³/mol. The number of nitrogens with two attached hydrogens (primary N) is 1. The SMILES string of the molecule is CC(N)C1C=CC(O)CN1. The molecule has 0 spiro atoms. The lowest BCUT2D eigenvalue weighted by molar-refractivity contribution is 0.205. The number of hydrogen-bond acceptors (Lipinski definition) is 3. The molecule has 3 nitrogen and oxygen atoms in total. The molecule has 0 aromatic heterocycles. The molecular formula is C7H14N2O. The summed E-state index contributed by atoms with van der Waals surface area (Å²) in [4.78, 5) is 0. The topological polar surface area (TPSA) is 58.3 Å². The first-order valence-electron chi connectivity index (χ1n) is 3.55. The highest BCUT2D eigenvalue weighted by atomic mass is 16.3. The van der Waals surface area contributed by atoms with Crippen LogP contribution in [0.25, 0.3) is 0 Å². The summed E-state index contributed by atoms with van der Waals surface area (Å²) in [5.41, 5.74) is 5.62. The van der Waals surface area contributed by atoms with Crippen LogP contribution in [0.15, 0.2) is 12.2 Å². The molecule has 0 amide bonds. The van der Waals surface area contributed by atoms with E-state index in [4.69, 9.17) is 10.8 Å². The molecular weight excluding hydrogens is 128 g/mol. The molecule has 0 radical (unpaired) electrons. The van der Waals surface area contributed by atoms with Crippen molar-refractivity contribution in [2.24, 2.45) is 5.73 Å². The Morgan fingerprint density at radius 3 is 2.80 bits per heavy atom. The van der Waals surface area contributed by atoms with Crippen LogP contribution in [0, 0.1) is 0 Å². The summed E-state index contributed by atoms with van der Waals surface area (Å²) in [7, 11) is 0. The lowest BCUT2D eigenvalue weighted by Gasteiger charge is -2.24. The third-order valence-electron chi connectivity index (χ3n) is 1.67. The fourth-order valence-corrected chi connectivity index (χ4v) is 1.00. The van der Waals surface area contributed by atoms with Crippen LogP contribution >= 0.6 is 0 Å². The standard InChI is InChI=1S/C7H14N2O/c1-5(8)7-3-2-6(10)4-9-7/h2-3,5-7,9-10H,4,8H2,1H3. The Bertz CT molecular complexity index is 134. The summed E-state index contributed by atoms with van der Waals surface area (Å²) < 4.78 is 0. The highest BCUT2D eigenvalue weighted by Crippen LogP contribution is 2.00. The minimum Gasteiger partial charge on any atom is -0.388 e. The van der Waals surface area contributed by atoms with E-state index >= 15 is 0 Å². The Morgan fingerprint density at radius 1 is 1.70 bits per heavy atom. The van der Waals surface area contributed by atoms with E-state index < -0.39 is 0 Å². The second-order valence-corrected chi connectivity index (χ2v) is 2.75. The van der Waals surface area contributed by atoms with Crippen LogP contribution in [0.4, 0.5) is 0 Å². The maximum Gasteiger partial charge on any atom is 0.0846 e. The molecule has 4 N–H and O–H groups in total. The van der Waals surface area contributed by atoms with Gasteiger partial charge in [-0.1, -0.05) is 12.2 Å². The average Bonchev–Trinajstić information content (AvgIpc) is 1.88. The van der Waals surface area contributed by atoms with Crippen molar-refractivity contribution in [3.63, 3.8) is 0 Å². The predicted octanol–water partition coefficient (Wildman–Crippen LogP) is -0.778. The first-order valence-corrected chi connectivity index (χ1v) is 3.55. The number of aliphatic hydroxyl groups is 1. The first-order chi connectivity index (χ1) is 4.70. The van der Waals surface area contributed by atoms with Gasteiger partial charge in [-0.25, -0.2) is 0 Å². The number of aliphatic hydroxyl groups excluding tert-OH is 1. The molecule has 1 rings (SSSR count). The van der Waals surface area contributed by atoms with E-state index in [9.17, 15) is 0 Å². The Balaban J connectivity index is 2.45. The summed E-state index contributed by atoms with van der Waals surface area (Å²) in [5.74, 6) is 0. The Morgan fingerprint density at radius 2 is 2.40 bits per heavy atom. The van der Waals surface area contributed by atoms with Crippen LogP contribution in [0.5, 0.6) is 0 Å². The summed E-state index contributed by atoms with van der Waals surface area (Å²) in [5, 5.41) is 12.1. The van der Waals surface area contributed by atoms with Gasteiger partial charge in [0.05, 0.1) is 6.10 Å². The largest absolute Gasteiger partial charge is 0.388 e. The highest BCUT2D eigenvalue weighted by molar-refractivity contribution is 5.05. The molecule has 1 heterocycles. The second-order valence-electron chi connectivity index (χ2n) is 2.75. The van der Waals surface area contributed by atoms with Gasteiger partial charge in [-0.05, 0) is 6.92 Å². The van der Waals surface area contributed by atoms with Crippen molar-refractivity contribution in [1.29, 1.82) is 0 Å². The summed E-state index contributed by atoms with van der Waals surface area (Å²) in [6.45, 7) is 2.56. The van der Waals surface area contributed by atoms with Crippen LogP contribution in [0.1, 0.15) is 6.92 Å². The van der Waals surface area contributed by atoms with Gasteiger partial charge in [-0.2, -0.15) is 0 Å². The number of nitrogens with one attached hydrogen (secondary N) is 1. The van der Waals surface area contributed by atoms with Crippen LogP contribution in [-0.4, -0.2) is 29.8 Å². The van der Waals surface area contributed by atoms with E-state index in [0.717, 1.165) is 0 Å². The van der Waals surface area contributed by atoms with Crippen molar-refractivity contribution in [2.75, 3.05) is 6.54 Å². The van der Waals surface area contributed by atoms with Gasteiger partial charge in [0.1, 0.15) is 0 Å². The quantitative estimate of drug-likeness (QED) is 0.421. The van der Waals surface area contributed by atoms with E-state index in [-0.39, 0.29) is 18.2 Å². The average molecular weight is 142 g/mol. The van der Waals surface area contributed by atoms with Crippen LogP contribution < -0.4 is 11.1 Å². The van der Waals surface area contributed by atoms with Gasteiger partial charge in [0.2, 0.25) is 0 Å². The third kappa shape index (κ3) is 1.80. The van der Waals surface area contributed by atoms with Gasteiger partial charge in [0, 0.05) is 18.6 Å². The maximum atomic E-state index is 9.02. The van der Waals surface area contributed by atoms with Gasteiger partial charge in [-0.15, -0.1) is 0 Å². The molecule has 1 aliphatic heterocycles. The van der Waals surface area contributed by atoms with Gasteiger partial charge in [0.25, 0.3) is 0 Å². The van der Waals surface area contributed by atoms with E-state index in [2.05, 4.69) is 5.32 Å². The third-order valence-corrected chi connectivity index (χ3v) is 1.67. The molecule has 0 bridgehead atoms.